The van der Waals surface area contributed by atoms with Crippen LogP contribution in [0.3, 0.4) is 0 Å². The normalized spacial score (nSPS) is 18.9. The van der Waals surface area contributed by atoms with Crippen molar-refractivity contribution in [3.63, 3.8) is 0 Å². The van der Waals surface area contributed by atoms with Gasteiger partial charge in [-0.1, -0.05) is 59.5 Å². The zero-order chi connectivity index (χ0) is 12.3. The summed E-state index contributed by atoms with van der Waals surface area (Å²) < 4.78 is 1.10. The Morgan fingerprint density at radius 1 is 1.18 bits per heavy atom. The first-order chi connectivity index (χ1) is 8.18. The van der Waals surface area contributed by atoms with Crippen molar-refractivity contribution < 1.29 is 0 Å². The zero-order valence-electron chi connectivity index (χ0n) is 9.86. The molecule has 92 valence electrons. The van der Waals surface area contributed by atoms with Gasteiger partial charge in [-0.2, -0.15) is 0 Å². The van der Waals surface area contributed by atoms with E-state index < -0.39 is 0 Å². The standard InChI is InChI=1S/C14H18BrNS/c15-12-8-6-11(7-9-12)13(14(16)17)10-4-2-1-3-5-10/h6-10,13H,1-5H2,(H2,16,17). The second-order valence-corrected chi connectivity index (χ2v) is 6.22. The van der Waals surface area contributed by atoms with Gasteiger partial charge >= 0.3 is 0 Å². The number of hydrogen-bond donors (Lipinski definition) is 1. The molecular weight excluding hydrogens is 294 g/mol. The lowest BCUT2D eigenvalue weighted by molar-refractivity contribution is 0.342. The predicted octanol–water partition coefficient (Wildman–Crippen LogP) is 4.40. The molecule has 1 aromatic carbocycles. The maximum atomic E-state index is 5.96. The third kappa shape index (κ3) is 3.29. The highest BCUT2D eigenvalue weighted by atomic mass is 79.9. The van der Waals surface area contributed by atoms with Gasteiger partial charge in [0.25, 0.3) is 0 Å². The highest BCUT2D eigenvalue weighted by Gasteiger charge is 2.26. The second kappa shape index (κ2) is 5.96. The number of thiocarbonyl (C=S) groups is 1. The Labute approximate surface area is 117 Å². The molecule has 0 radical (unpaired) electrons. The Kier molecular flexibility index (Phi) is 4.57. The minimum Gasteiger partial charge on any atom is -0.393 e. The molecule has 1 aromatic rings. The van der Waals surface area contributed by atoms with Gasteiger partial charge in [-0.3, -0.25) is 0 Å². The fourth-order valence-corrected chi connectivity index (χ4v) is 3.40. The van der Waals surface area contributed by atoms with Crippen molar-refractivity contribution in [1.29, 1.82) is 0 Å². The minimum atomic E-state index is 0.262. The number of hydrogen-bond acceptors (Lipinski definition) is 1. The van der Waals surface area contributed by atoms with Crippen molar-refractivity contribution in [3.05, 3.63) is 34.3 Å². The average Bonchev–Trinajstić information content (AvgIpc) is 2.33. The summed E-state index contributed by atoms with van der Waals surface area (Å²) in [5.74, 6) is 0.904. The van der Waals surface area contributed by atoms with Crippen molar-refractivity contribution in [3.8, 4) is 0 Å². The van der Waals surface area contributed by atoms with Crippen molar-refractivity contribution in [2.45, 2.75) is 38.0 Å². The maximum Gasteiger partial charge on any atom is 0.0806 e. The molecule has 0 amide bonds. The van der Waals surface area contributed by atoms with E-state index in [4.69, 9.17) is 18.0 Å². The van der Waals surface area contributed by atoms with Gasteiger partial charge in [-0.05, 0) is 36.5 Å². The topological polar surface area (TPSA) is 26.0 Å². The summed E-state index contributed by atoms with van der Waals surface area (Å²) in [6, 6.07) is 8.43. The average molecular weight is 312 g/mol. The van der Waals surface area contributed by atoms with Crippen LogP contribution in [0.15, 0.2) is 28.7 Å². The van der Waals surface area contributed by atoms with Crippen LogP contribution in [0, 0.1) is 5.92 Å². The van der Waals surface area contributed by atoms with Crippen molar-refractivity contribution in [1.82, 2.24) is 0 Å². The summed E-state index contributed by atoms with van der Waals surface area (Å²) in [6.07, 6.45) is 6.53. The van der Waals surface area contributed by atoms with Crippen LogP contribution in [0.2, 0.25) is 0 Å². The molecule has 0 heterocycles. The lowest BCUT2D eigenvalue weighted by Crippen LogP contribution is -2.28. The summed E-state index contributed by atoms with van der Waals surface area (Å²) >= 11 is 8.74. The number of benzene rings is 1. The molecule has 0 aliphatic heterocycles. The van der Waals surface area contributed by atoms with Crippen LogP contribution in [0.5, 0.6) is 0 Å². The van der Waals surface area contributed by atoms with E-state index in [2.05, 4.69) is 40.2 Å². The summed E-state index contributed by atoms with van der Waals surface area (Å²) in [7, 11) is 0. The molecule has 2 N–H and O–H groups in total. The summed E-state index contributed by atoms with van der Waals surface area (Å²) in [4.78, 5) is 0.652. The van der Waals surface area contributed by atoms with E-state index in [0.29, 0.717) is 10.9 Å². The largest absolute Gasteiger partial charge is 0.393 e. The smallest absolute Gasteiger partial charge is 0.0806 e. The van der Waals surface area contributed by atoms with E-state index in [-0.39, 0.29) is 5.92 Å². The molecular formula is C14H18BrNS. The van der Waals surface area contributed by atoms with Crippen molar-refractivity contribution >= 4 is 33.1 Å². The number of rotatable bonds is 3. The van der Waals surface area contributed by atoms with Gasteiger partial charge in [0.05, 0.1) is 4.99 Å². The summed E-state index contributed by atoms with van der Waals surface area (Å²) in [5, 5.41) is 0. The van der Waals surface area contributed by atoms with Gasteiger partial charge in [0.2, 0.25) is 0 Å². The van der Waals surface area contributed by atoms with E-state index in [1.807, 2.05) is 0 Å². The monoisotopic (exact) mass is 311 g/mol. The quantitative estimate of drug-likeness (QED) is 0.837. The van der Waals surface area contributed by atoms with Crippen LogP contribution in [0.1, 0.15) is 43.6 Å². The lowest BCUT2D eigenvalue weighted by atomic mass is 9.77. The Balaban J connectivity index is 2.21. The molecule has 0 bridgehead atoms. The lowest BCUT2D eigenvalue weighted by Gasteiger charge is -2.30. The van der Waals surface area contributed by atoms with E-state index in [0.717, 1.165) is 4.47 Å². The van der Waals surface area contributed by atoms with Crippen LogP contribution in [0.25, 0.3) is 0 Å². The Morgan fingerprint density at radius 3 is 2.29 bits per heavy atom. The fraction of sp³-hybridized carbons (Fsp3) is 0.500. The molecule has 1 aliphatic rings. The summed E-state index contributed by atoms with van der Waals surface area (Å²) in [5.41, 5.74) is 7.23. The van der Waals surface area contributed by atoms with Gasteiger partial charge < -0.3 is 5.73 Å². The Morgan fingerprint density at radius 2 is 1.76 bits per heavy atom. The highest BCUT2D eigenvalue weighted by Crippen LogP contribution is 2.36. The molecule has 0 saturated heterocycles. The summed E-state index contributed by atoms with van der Waals surface area (Å²) in [6.45, 7) is 0. The van der Waals surface area contributed by atoms with Gasteiger partial charge in [0, 0.05) is 10.4 Å². The maximum absolute atomic E-state index is 5.96. The predicted molar refractivity (Wildman–Crippen MR) is 80.2 cm³/mol. The first-order valence-electron chi connectivity index (χ1n) is 6.23. The van der Waals surface area contributed by atoms with Gasteiger partial charge in [0.1, 0.15) is 0 Å². The highest BCUT2D eigenvalue weighted by molar-refractivity contribution is 9.10. The van der Waals surface area contributed by atoms with Crippen LogP contribution in [0.4, 0.5) is 0 Å². The molecule has 1 aliphatic carbocycles. The van der Waals surface area contributed by atoms with Crippen LogP contribution < -0.4 is 5.73 Å². The molecule has 1 nitrogen and oxygen atoms in total. The minimum absolute atomic E-state index is 0.262. The number of nitrogens with two attached hydrogens (primary N) is 1. The van der Waals surface area contributed by atoms with Crippen LogP contribution in [-0.2, 0) is 0 Å². The van der Waals surface area contributed by atoms with Crippen LogP contribution >= 0.6 is 28.1 Å². The van der Waals surface area contributed by atoms with Gasteiger partial charge in [-0.15, -0.1) is 0 Å². The van der Waals surface area contributed by atoms with Crippen molar-refractivity contribution in [2.75, 3.05) is 0 Å². The van der Waals surface area contributed by atoms with Crippen molar-refractivity contribution in [2.24, 2.45) is 11.7 Å². The molecule has 3 heteroatoms. The Bertz CT molecular complexity index is 382. The first-order valence-corrected chi connectivity index (χ1v) is 7.43. The van der Waals surface area contributed by atoms with E-state index in [9.17, 15) is 0 Å². The molecule has 0 aromatic heterocycles. The molecule has 0 spiro atoms. The molecule has 1 unspecified atom stereocenters. The molecule has 1 fully saturated rings. The third-order valence-corrected chi connectivity index (χ3v) is 4.44. The SMILES string of the molecule is NC(=S)C(c1ccc(Br)cc1)C1CCCCC1. The number of halogens is 1. The zero-order valence-corrected chi connectivity index (χ0v) is 12.3. The van der Waals surface area contributed by atoms with Gasteiger partial charge in [-0.25, -0.2) is 0 Å². The fourth-order valence-electron chi connectivity index (χ4n) is 2.81. The molecule has 2 rings (SSSR count). The van der Waals surface area contributed by atoms with E-state index in [1.165, 1.54) is 37.7 Å². The molecule has 1 atom stereocenters. The van der Waals surface area contributed by atoms with E-state index in [1.54, 1.807) is 0 Å². The van der Waals surface area contributed by atoms with Crippen LogP contribution in [-0.4, -0.2) is 4.99 Å². The second-order valence-electron chi connectivity index (χ2n) is 4.83. The Hall–Kier alpha value is -0.410. The molecule has 1 saturated carbocycles. The first kappa shape index (κ1) is 13.0. The molecule has 17 heavy (non-hydrogen) atoms. The third-order valence-electron chi connectivity index (χ3n) is 3.66. The van der Waals surface area contributed by atoms with Gasteiger partial charge in [0.15, 0.2) is 0 Å². The van der Waals surface area contributed by atoms with E-state index >= 15 is 0 Å².